The summed E-state index contributed by atoms with van der Waals surface area (Å²) in [5, 5.41) is 57.2. The zero-order valence-corrected chi connectivity index (χ0v) is 18.8. The van der Waals surface area contributed by atoms with Gasteiger partial charge in [-0.15, -0.1) is 0 Å². The van der Waals surface area contributed by atoms with Gasteiger partial charge < -0.3 is 30.3 Å². The first-order chi connectivity index (χ1) is 13.7. The standard InChI is InChI=1S/C23H38O7/c1-6-17(26)30-18-12-7-8-13-21(5,28)14-9-15(24)19(2,3)23(14,29)16(25)10-22(13,18)11-20(12,4)27/h12-16,18,24-25,27-29H,6-11H2,1-5H3/t12-,13+,14+,15+,16-,18+,20-,21-,22+,23+/m1/s1. The Morgan fingerprint density at radius 1 is 1.00 bits per heavy atom. The highest BCUT2D eigenvalue weighted by Gasteiger charge is 2.77. The maximum Gasteiger partial charge on any atom is 0.305 e. The molecular formula is C23H38O7. The maximum atomic E-state index is 12.3. The molecule has 7 heteroatoms. The van der Waals surface area contributed by atoms with Crippen molar-refractivity contribution in [3.8, 4) is 0 Å². The zero-order chi connectivity index (χ0) is 22.5. The fraction of sp³-hybridized carbons (Fsp3) is 0.957. The summed E-state index contributed by atoms with van der Waals surface area (Å²) in [6, 6.07) is 0. The zero-order valence-electron chi connectivity index (χ0n) is 18.8. The minimum absolute atomic E-state index is 0.102. The van der Waals surface area contributed by atoms with E-state index >= 15 is 0 Å². The second kappa shape index (κ2) is 6.41. The summed E-state index contributed by atoms with van der Waals surface area (Å²) in [7, 11) is 0. The van der Waals surface area contributed by atoms with Gasteiger partial charge in [-0.3, -0.25) is 4.79 Å². The average Bonchev–Trinajstić information content (AvgIpc) is 2.87. The fourth-order valence-corrected chi connectivity index (χ4v) is 8.19. The monoisotopic (exact) mass is 426 g/mol. The number of carbonyl (C=O) groups is 1. The number of carbonyl (C=O) groups excluding carboxylic acids is 1. The van der Waals surface area contributed by atoms with Crippen LogP contribution in [0.3, 0.4) is 0 Å². The molecule has 4 fully saturated rings. The Morgan fingerprint density at radius 2 is 1.63 bits per heavy atom. The summed E-state index contributed by atoms with van der Waals surface area (Å²) < 4.78 is 5.90. The highest BCUT2D eigenvalue weighted by atomic mass is 16.5. The minimum atomic E-state index is -1.70. The van der Waals surface area contributed by atoms with Gasteiger partial charge >= 0.3 is 5.97 Å². The number of rotatable bonds is 2. The van der Waals surface area contributed by atoms with E-state index in [-0.39, 0.29) is 43.5 Å². The normalized spacial score (nSPS) is 56.7. The van der Waals surface area contributed by atoms with Gasteiger partial charge in [0.25, 0.3) is 0 Å². The van der Waals surface area contributed by atoms with Crippen molar-refractivity contribution in [1.29, 1.82) is 0 Å². The van der Waals surface area contributed by atoms with Crippen molar-refractivity contribution in [1.82, 2.24) is 0 Å². The molecule has 4 aliphatic rings. The Bertz CT molecular complexity index is 731. The molecule has 0 aromatic heterocycles. The van der Waals surface area contributed by atoms with Crippen LogP contribution >= 0.6 is 0 Å². The van der Waals surface area contributed by atoms with Crippen molar-refractivity contribution in [3.05, 3.63) is 0 Å². The van der Waals surface area contributed by atoms with E-state index in [2.05, 4.69) is 0 Å². The van der Waals surface area contributed by atoms with Crippen LogP contribution in [0.1, 0.15) is 73.1 Å². The van der Waals surface area contributed by atoms with Gasteiger partial charge in [0, 0.05) is 29.1 Å². The lowest BCUT2D eigenvalue weighted by Gasteiger charge is -2.52. The predicted molar refractivity (Wildman–Crippen MR) is 108 cm³/mol. The number of aliphatic hydroxyl groups excluding tert-OH is 2. The van der Waals surface area contributed by atoms with Crippen LogP contribution in [0.4, 0.5) is 0 Å². The molecule has 0 radical (unpaired) electrons. The van der Waals surface area contributed by atoms with Crippen molar-refractivity contribution in [2.75, 3.05) is 0 Å². The van der Waals surface area contributed by atoms with Crippen LogP contribution < -0.4 is 0 Å². The first-order valence-corrected chi connectivity index (χ1v) is 11.4. The molecule has 2 bridgehead atoms. The summed E-state index contributed by atoms with van der Waals surface area (Å²) >= 11 is 0. The van der Waals surface area contributed by atoms with Crippen molar-refractivity contribution >= 4 is 5.97 Å². The van der Waals surface area contributed by atoms with E-state index in [0.717, 1.165) is 0 Å². The Morgan fingerprint density at radius 3 is 2.23 bits per heavy atom. The second-order valence-electron chi connectivity index (χ2n) is 11.6. The van der Waals surface area contributed by atoms with Crippen LogP contribution in [0.15, 0.2) is 0 Å². The van der Waals surface area contributed by atoms with E-state index in [1.54, 1.807) is 34.6 Å². The summed E-state index contributed by atoms with van der Waals surface area (Å²) in [4.78, 5) is 12.3. The van der Waals surface area contributed by atoms with E-state index in [9.17, 15) is 30.3 Å². The van der Waals surface area contributed by atoms with Crippen LogP contribution in [0, 0.1) is 28.6 Å². The molecule has 10 atom stereocenters. The van der Waals surface area contributed by atoms with E-state index < -0.39 is 51.9 Å². The molecule has 4 rings (SSSR count). The number of ether oxygens (including phenoxy) is 1. The molecule has 30 heavy (non-hydrogen) atoms. The lowest BCUT2D eigenvalue weighted by atomic mass is 9.57. The number of aliphatic hydroxyl groups is 5. The largest absolute Gasteiger partial charge is 0.461 e. The summed E-state index contributed by atoms with van der Waals surface area (Å²) in [6.07, 6.45) is -0.762. The predicted octanol–water partition coefficient (Wildman–Crippen LogP) is 1.13. The van der Waals surface area contributed by atoms with E-state index in [4.69, 9.17) is 4.74 Å². The Labute approximate surface area is 178 Å². The van der Waals surface area contributed by atoms with Gasteiger partial charge in [0.1, 0.15) is 11.7 Å². The van der Waals surface area contributed by atoms with Crippen molar-refractivity contribution in [3.63, 3.8) is 0 Å². The van der Waals surface area contributed by atoms with E-state index in [1.165, 1.54) is 0 Å². The van der Waals surface area contributed by atoms with Crippen molar-refractivity contribution in [2.45, 2.75) is 108 Å². The maximum absolute atomic E-state index is 12.3. The first kappa shape index (κ1) is 22.5. The van der Waals surface area contributed by atoms with Crippen molar-refractivity contribution in [2.24, 2.45) is 28.6 Å². The highest BCUT2D eigenvalue weighted by molar-refractivity contribution is 5.69. The first-order valence-electron chi connectivity index (χ1n) is 11.4. The lowest BCUT2D eigenvalue weighted by Crippen LogP contribution is -2.60. The molecule has 0 aliphatic heterocycles. The van der Waals surface area contributed by atoms with Crippen LogP contribution in [-0.4, -0.2) is 66.6 Å². The van der Waals surface area contributed by atoms with Crippen molar-refractivity contribution < 1.29 is 35.1 Å². The molecule has 172 valence electrons. The van der Waals surface area contributed by atoms with Gasteiger partial charge in [-0.1, -0.05) is 20.8 Å². The summed E-state index contributed by atoms with van der Waals surface area (Å²) in [5.74, 6) is -1.77. The Balaban J connectivity index is 1.88. The molecule has 0 heterocycles. The SMILES string of the molecule is CCC(=O)O[C@H]1[C@H]2CC[C@H]3[C@@](C)(O)[C@@H]4C[C@H](O)C(C)(C)[C@@]4(O)[C@H](O)C[C@@]13C[C@@]2(C)O. The molecule has 0 unspecified atom stereocenters. The topological polar surface area (TPSA) is 127 Å². The van der Waals surface area contributed by atoms with Crippen LogP contribution in [0.5, 0.6) is 0 Å². The highest BCUT2D eigenvalue weighted by Crippen LogP contribution is 2.70. The fourth-order valence-electron chi connectivity index (χ4n) is 8.19. The molecule has 0 amide bonds. The number of hydrogen-bond donors (Lipinski definition) is 5. The molecule has 1 spiro atoms. The molecule has 4 aliphatic carbocycles. The third-order valence-electron chi connectivity index (χ3n) is 9.77. The van der Waals surface area contributed by atoms with Crippen LogP contribution in [0.2, 0.25) is 0 Å². The smallest absolute Gasteiger partial charge is 0.305 e. The molecule has 7 nitrogen and oxygen atoms in total. The quantitative estimate of drug-likeness (QED) is 0.419. The lowest BCUT2D eigenvalue weighted by molar-refractivity contribution is -0.202. The van der Waals surface area contributed by atoms with Crippen LogP contribution in [0.25, 0.3) is 0 Å². The molecule has 0 saturated heterocycles. The number of fused-ring (bicyclic) bond motifs is 2. The van der Waals surface area contributed by atoms with Gasteiger partial charge in [0.2, 0.25) is 0 Å². The minimum Gasteiger partial charge on any atom is -0.461 e. The van der Waals surface area contributed by atoms with Gasteiger partial charge in [-0.05, 0) is 51.9 Å². The molecule has 0 aromatic rings. The van der Waals surface area contributed by atoms with Gasteiger partial charge in [-0.25, -0.2) is 0 Å². The third-order valence-corrected chi connectivity index (χ3v) is 9.77. The third kappa shape index (κ3) is 2.53. The summed E-state index contributed by atoms with van der Waals surface area (Å²) in [5.41, 5.74) is -6.09. The number of hydrogen-bond acceptors (Lipinski definition) is 7. The molecule has 5 N–H and O–H groups in total. The van der Waals surface area contributed by atoms with Gasteiger partial charge in [-0.2, -0.15) is 0 Å². The Kier molecular flexibility index (Phi) is 4.80. The van der Waals surface area contributed by atoms with Gasteiger partial charge in [0.15, 0.2) is 0 Å². The average molecular weight is 427 g/mol. The van der Waals surface area contributed by atoms with Crippen LogP contribution in [-0.2, 0) is 9.53 Å². The summed E-state index contributed by atoms with van der Waals surface area (Å²) in [6.45, 7) is 8.61. The van der Waals surface area contributed by atoms with Gasteiger partial charge in [0.05, 0.1) is 23.4 Å². The van der Waals surface area contributed by atoms with E-state index in [0.29, 0.717) is 12.8 Å². The molecule has 0 aromatic carbocycles. The molecular weight excluding hydrogens is 388 g/mol. The number of esters is 1. The molecule has 4 saturated carbocycles. The Hall–Kier alpha value is -0.730. The van der Waals surface area contributed by atoms with E-state index in [1.807, 2.05) is 0 Å². The second-order valence-corrected chi connectivity index (χ2v) is 11.6.